The average Bonchev–Trinajstić information content (AvgIpc) is 2.39. The maximum Gasteiger partial charge on any atom is 0.0918 e. The molecule has 0 unspecified atom stereocenters. The number of amidine groups is 1. The molecule has 0 fully saturated rings. The van der Waals surface area contributed by atoms with Crippen molar-refractivity contribution in [2.45, 2.75) is 12.8 Å². The van der Waals surface area contributed by atoms with Crippen LogP contribution in [0.2, 0.25) is 0 Å². The summed E-state index contributed by atoms with van der Waals surface area (Å²) in [6, 6.07) is 5.94. The summed E-state index contributed by atoms with van der Waals surface area (Å²) in [6.45, 7) is 3.26. The van der Waals surface area contributed by atoms with E-state index in [0.717, 1.165) is 31.7 Å². The Kier molecular flexibility index (Phi) is 6.98. The van der Waals surface area contributed by atoms with Gasteiger partial charge in [0.25, 0.3) is 0 Å². The Morgan fingerprint density at radius 2 is 2.22 bits per heavy atom. The first kappa shape index (κ1) is 14.6. The van der Waals surface area contributed by atoms with E-state index in [0.29, 0.717) is 13.0 Å². The molecule has 5 heteroatoms. The second-order valence-corrected chi connectivity index (χ2v) is 4.18. The van der Waals surface area contributed by atoms with Gasteiger partial charge in [0.2, 0.25) is 0 Å². The second-order valence-electron chi connectivity index (χ2n) is 4.18. The lowest BCUT2D eigenvalue weighted by atomic mass is 10.2. The molecule has 0 atom stereocenters. The smallest absolute Gasteiger partial charge is 0.0918 e. The molecule has 0 amide bonds. The Labute approximate surface area is 108 Å². The van der Waals surface area contributed by atoms with Gasteiger partial charge in [-0.25, -0.2) is 0 Å². The van der Waals surface area contributed by atoms with Crippen LogP contribution in [0.25, 0.3) is 0 Å². The van der Waals surface area contributed by atoms with Crippen molar-refractivity contribution in [1.82, 2.24) is 9.88 Å². The van der Waals surface area contributed by atoms with Crippen molar-refractivity contribution >= 4 is 5.84 Å². The molecule has 100 valence electrons. The number of hydrogen-bond acceptors (Lipinski definition) is 4. The van der Waals surface area contributed by atoms with Crippen LogP contribution in [-0.4, -0.2) is 49.1 Å². The van der Waals surface area contributed by atoms with Crippen LogP contribution in [0.5, 0.6) is 0 Å². The van der Waals surface area contributed by atoms with Gasteiger partial charge in [0, 0.05) is 51.5 Å². The number of nitrogens with two attached hydrogens (primary N) is 1. The highest BCUT2D eigenvalue weighted by atomic mass is 16.5. The Bertz CT molecular complexity index is 342. The fraction of sp³-hybridized carbons (Fsp3) is 0.538. The molecule has 5 nitrogen and oxygen atoms in total. The van der Waals surface area contributed by atoms with Crippen LogP contribution in [0, 0.1) is 5.41 Å². The molecule has 3 N–H and O–H groups in total. The summed E-state index contributed by atoms with van der Waals surface area (Å²) in [4.78, 5) is 6.55. The number of nitrogens with one attached hydrogen (secondary N) is 1. The molecule has 0 aromatic carbocycles. The van der Waals surface area contributed by atoms with Crippen molar-refractivity contribution in [3.05, 3.63) is 30.1 Å². The van der Waals surface area contributed by atoms with E-state index in [1.54, 1.807) is 7.11 Å². The van der Waals surface area contributed by atoms with Crippen LogP contribution in [0.1, 0.15) is 12.1 Å². The van der Waals surface area contributed by atoms with Gasteiger partial charge in [-0.3, -0.25) is 10.4 Å². The monoisotopic (exact) mass is 250 g/mol. The van der Waals surface area contributed by atoms with Gasteiger partial charge in [-0.2, -0.15) is 0 Å². The summed E-state index contributed by atoms with van der Waals surface area (Å²) < 4.78 is 5.09. The quantitative estimate of drug-likeness (QED) is 0.504. The number of nitrogens with zero attached hydrogens (tertiary/aromatic N) is 2. The molecule has 0 saturated carbocycles. The van der Waals surface area contributed by atoms with E-state index >= 15 is 0 Å². The topological polar surface area (TPSA) is 75.2 Å². The summed E-state index contributed by atoms with van der Waals surface area (Å²) in [5, 5.41) is 7.27. The number of aromatic nitrogens is 1. The summed E-state index contributed by atoms with van der Waals surface area (Å²) in [6.07, 6.45) is 3.32. The molecule has 1 aromatic heterocycles. The van der Waals surface area contributed by atoms with E-state index in [1.807, 2.05) is 24.4 Å². The van der Waals surface area contributed by atoms with Gasteiger partial charge >= 0.3 is 0 Å². The lowest BCUT2D eigenvalue weighted by Crippen LogP contribution is -2.32. The summed E-state index contributed by atoms with van der Waals surface area (Å²) >= 11 is 0. The summed E-state index contributed by atoms with van der Waals surface area (Å²) in [7, 11) is 1.70. The highest BCUT2D eigenvalue weighted by molar-refractivity contribution is 5.76. The van der Waals surface area contributed by atoms with E-state index < -0.39 is 0 Å². The number of ether oxygens (including phenoxy) is 1. The normalized spacial score (nSPS) is 10.8. The third kappa shape index (κ3) is 6.32. The molecule has 0 aliphatic carbocycles. The van der Waals surface area contributed by atoms with E-state index in [-0.39, 0.29) is 5.84 Å². The van der Waals surface area contributed by atoms with Gasteiger partial charge in [0.05, 0.1) is 12.4 Å². The predicted molar refractivity (Wildman–Crippen MR) is 72.8 cm³/mol. The van der Waals surface area contributed by atoms with Crippen LogP contribution in [0.3, 0.4) is 0 Å². The van der Waals surface area contributed by atoms with Gasteiger partial charge in [-0.05, 0) is 12.1 Å². The first-order valence-corrected chi connectivity index (χ1v) is 6.16. The second kappa shape index (κ2) is 8.60. The van der Waals surface area contributed by atoms with Crippen LogP contribution in [-0.2, 0) is 11.2 Å². The Morgan fingerprint density at radius 3 is 2.83 bits per heavy atom. The molecular formula is C13H22N4O. The van der Waals surface area contributed by atoms with Crippen LogP contribution in [0.4, 0.5) is 0 Å². The van der Waals surface area contributed by atoms with Crippen molar-refractivity contribution < 1.29 is 4.74 Å². The lowest BCUT2D eigenvalue weighted by molar-refractivity contribution is 0.150. The zero-order chi connectivity index (χ0) is 13.2. The highest BCUT2D eigenvalue weighted by Crippen LogP contribution is 1.99. The Morgan fingerprint density at radius 1 is 1.39 bits per heavy atom. The first-order chi connectivity index (χ1) is 8.72. The summed E-state index contributed by atoms with van der Waals surface area (Å²) in [5.74, 6) is 0.232. The first-order valence-electron chi connectivity index (χ1n) is 6.16. The van der Waals surface area contributed by atoms with Crippen LogP contribution < -0.4 is 5.73 Å². The van der Waals surface area contributed by atoms with Crippen molar-refractivity contribution in [3.63, 3.8) is 0 Å². The van der Waals surface area contributed by atoms with E-state index in [9.17, 15) is 0 Å². The largest absolute Gasteiger partial charge is 0.388 e. The molecule has 0 radical (unpaired) electrons. The number of rotatable bonds is 9. The van der Waals surface area contributed by atoms with Crippen molar-refractivity contribution in [3.8, 4) is 0 Å². The van der Waals surface area contributed by atoms with E-state index in [2.05, 4.69) is 9.88 Å². The Hall–Kier alpha value is -1.46. The highest BCUT2D eigenvalue weighted by Gasteiger charge is 2.06. The molecule has 0 aliphatic heterocycles. The average molecular weight is 250 g/mol. The zero-order valence-electron chi connectivity index (χ0n) is 10.9. The fourth-order valence-corrected chi connectivity index (χ4v) is 1.65. The SMILES string of the molecule is COCCN(CCC(=N)N)CCc1ccccn1. The standard InChI is InChI=1S/C13H22N4O/c1-18-11-10-17(9-6-13(14)15)8-5-12-4-2-3-7-16-12/h2-4,7H,5-6,8-11H2,1H3,(H3,14,15). The van der Waals surface area contributed by atoms with E-state index in [1.165, 1.54) is 0 Å². The lowest BCUT2D eigenvalue weighted by Gasteiger charge is -2.21. The molecule has 1 aromatic rings. The molecule has 0 saturated heterocycles. The van der Waals surface area contributed by atoms with Crippen LogP contribution in [0.15, 0.2) is 24.4 Å². The van der Waals surface area contributed by atoms with Crippen molar-refractivity contribution in [2.75, 3.05) is 33.4 Å². The van der Waals surface area contributed by atoms with Gasteiger partial charge in [-0.1, -0.05) is 6.07 Å². The fourth-order valence-electron chi connectivity index (χ4n) is 1.65. The Balaban J connectivity index is 2.37. The maximum atomic E-state index is 7.27. The molecule has 1 heterocycles. The number of pyridine rings is 1. The van der Waals surface area contributed by atoms with Gasteiger partial charge in [-0.15, -0.1) is 0 Å². The van der Waals surface area contributed by atoms with E-state index in [4.69, 9.17) is 15.9 Å². The third-order valence-electron chi connectivity index (χ3n) is 2.72. The predicted octanol–water partition coefficient (Wildman–Crippen LogP) is 0.899. The third-order valence-corrected chi connectivity index (χ3v) is 2.72. The van der Waals surface area contributed by atoms with Crippen molar-refractivity contribution in [2.24, 2.45) is 5.73 Å². The molecule has 0 aliphatic rings. The van der Waals surface area contributed by atoms with Gasteiger partial charge in [0.15, 0.2) is 0 Å². The van der Waals surface area contributed by atoms with Gasteiger partial charge < -0.3 is 15.4 Å². The number of methoxy groups -OCH3 is 1. The zero-order valence-corrected chi connectivity index (χ0v) is 10.9. The number of hydrogen-bond donors (Lipinski definition) is 2. The van der Waals surface area contributed by atoms with Crippen molar-refractivity contribution in [1.29, 1.82) is 5.41 Å². The molecule has 0 spiro atoms. The molecule has 18 heavy (non-hydrogen) atoms. The van der Waals surface area contributed by atoms with Crippen LogP contribution >= 0.6 is 0 Å². The minimum atomic E-state index is 0.232. The molecule has 0 bridgehead atoms. The summed E-state index contributed by atoms with van der Waals surface area (Å²) in [5.41, 5.74) is 6.48. The molecule has 1 rings (SSSR count). The molecular weight excluding hydrogens is 228 g/mol. The maximum absolute atomic E-state index is 7.27. The minimum Gasteiger partial charge on any atom is -0.388 e. The van der Waals surface area contributed by atoms with Gasteiger partial charge in [0.1, 0.15) is 0 Å². The minimum absolute atomic E-state index is 0.232.